The van der Waals surface area contributed by atoms with E-state index in [1.807, 2.05) is 0 Å². The van der Waals surface area contributed by atoms with Gasteiger partial charge in [0.2, 0.25) is 5.91 Å². The summed E-state index contributed by atoms with van der Waals surface area (Å²) in [5.74, 6) is 0.575. The van der Waals surface area contributed by atoms with Gasteiger partial charge in [0.15, 0.2) is 0 Å². The van der Waals surface area contributed by atoms with Gasteiger partial charge in [-0.3, -0.25) is 4.79 Å². The van der Waals surface area contributed by atoms with Gasteiger partial charge in [0.05, 0.1) is 0 Å². The van der Waals surface area contributed by atoms with Gasteiger partial charge in [-0.05, 0) is 49.8 Å². The largest absolute Gasteiger partial charge is 0.355 e. The molecule has 0 aromatic heterocycles. The molecule has 2 N–H and O–H groups in total. The predicted molar refractivity (Wildman–Crippen MR) is 90.1 cm³/mol. The van der Waals surface area contributed by atoms with E-state index in [1.54, 1.807) is 0 Å². The van der Waals surface area contributed by atoms with Gasteiger partial charge in [-0.1, -0.05) is 31.2 Å². The first-order valence-corrected chi connectivity index (χ1v) is 7.78. The minimum Gasteiger partial charge on any atom is -0.355 e. The molecule has 118 valence electrons. The number of fused-ring (bicyclic) bond motifs is 1. The average Bonchev–Trinajstić information content (AvgIpc) is 2.46. The zero-order valence-corrected chi connectivity index (χ0v) is 13.8. The first-order valence-electron chi connectivity index (χ1n) is 7.78. The van der Waals surface area contributed by atoms with E-state index >= 15 is 0 Å². The van der Waals surface area contributed by atoms with E-state index in [9.17, 15) is 4.79 Å². The van der Waals surface area contributed by atoms with Gasteiger partial charge < -0.3 is 10.6 Å². The maximum atomic E-state index is 12.1. The summed E-state index contributed by atoms with van der Waals surface area (Å²) in [6, 6.07) is 8.91. The fraction of sp³-hybridized carbons (Fsp3) is 0.588. The van der Waals surface area contributed by atoms with Crippen LogP contribution < -0.4 is 10.6 Å². The maximum absolute atomic E-state index is 12.1. The molecule has 0 saturated carbocycles. The molecule has 0 spiro atoms. The van der Waals surface area contributed by atoms with Crippen molar-refractivity contribution in [2.75, 3.05) is 13.1 Å². The molecule has 0 aliphatic heterocycles. The normalized spacial score (nSPS) is 18.3. The predicted octanol–water partition coefficient (Wildman–Crippen LogP) is 3.03. The Morgan fingerprint density at radius 2 is 2.14 bits per heavy atom. The number of carbonyl (C=O) groups excluding carboxylic acids is 1. The summed E-state index contributed by atoms with van der Waals surface area (Å²) >= 11 is 0. The van der Waals surface area contributed by atoms with Crippen LogP contribution in [-0.2, 0) is 11.2 Å². The smallest absolute Gasteiger partial charge is 0.220 e. The molecular weight excluding hydrogens is 284 g/mol. The van der Waals surface area contributed by atoms with Crippen LogP contribution in [0.2, 0.25) is 0 Å². The van der Waals surface area contributed by atoms with Crippen LogP contribution in [0, 0.1) is 0 Å². The average molecular weight is 311 g/mol. The number of aryl methyl sites for hydroxylation is 1. The van der Waals surface area contributed by atoms with E-state index in [2.05, 4.69) is 48.7 Å². The molecule has 21 heavy (non-hydrogen) atoms. The van der Waals surface area contributed by atoms with E-state index in [4.69, 9.17) is 0 Å². The van der Waals surface area contributed by atoms with Crippen molar-refractivity contribution in [3.05, 3.63) is 35.4 Å². The third-order valence-electron chi connectivity index (χ3n) is 4.08. The number of nitrogens with one attached hydrogen (secondary N) is 2. The van der Waals surface area contributed by atoms with Crippen molar-refractivity contribution in [2.45, 2.75) is 51.5 Å². The molecule has 0 bridgehead atoms. The highest BCUT2D eigenvalue weighted by Crippen LogP contribution is 2.33. The lowest BCUT2D eigenvalue weighted by Gasteiger charge is -2.25. The highest BCUT2D eigenvalue weighted by Gasteiger charge is 2.22. The highest BCUT2D eigenvalue weighted by molar-refractivity contribution is 5.85. The Kier molecular flexibility index (Phi) is 7.76. The van der Waals surface area contributed by atoms with Crippen molar-refractivity contribution < 1.29 is 4.79 Å². The van der Waals surface area contributed by atoms with Crippen LogP contribution in [0.3, 0.4) is 0 Å². The third-order valence-corrected chi connectivity index (χ3v) is 4.08. The second-order valence-electron chi connectivity index (χ2n) is 5.75. The van der Waals surface area contributed by atoms with Gasteiger partial charge in [0.25, 0.3) is 0 Å². The van der Waals surface area contributed by atoms with Crippen LogP contribution in [-0.4, -0.2) is 25.0 Å². The van der Waals surface area contributed by atoms with Gasteiger partial charge in [-0.15, -0.1) is 12.4 Å². The van der Waals surface area contributed by atoms with Crippen LogP contribution in [0.5, 0.6) is 0 Å². The minimum absolute atomic E-state index is 0. The van der Waals surface area contributed by atoms with Crippen molar-refractivity contribution in [2.24, 2.45) is 0 Å². The molecular formula is C17H27ClN2O. The molecule has 2 atom stereocenters. The summed E-state index contributed by atoms with van der Waals surface area (Å²) in [6.07, 6.45) is 4.11. The summed E-state index contributed by atoms with van der Waals surface area (Å²) < 4.78 is 0. The van der Waals surface area contributed by atoms with Crippen LogP contribution in [0.1, 0.15) is 50.2 Å². The summed E-state index contributed by atoms with van der Waals surface area (Å²) in [5.41, 5.74) is 2.81. The summed E-state index contributed by atoms with van der Waals surface area (Å²) in [6.45, 7) is 5.82. The van der Waals surface area contributed by atoms with E-state index < -0.39 is 0 Å². The van der Waals surface area contributed by atoms with E-state index in [-0.39, 0.29) is 18.3 Å². The Labute approximate surface area is 134 Å². The Hall–Kier alpha value is -1.06. The topological polar surface area (TPSA) is 41.1 Å². The lowest BCUT2D eigenvalue weighted by molar-refractivity contribution is -0.121. The molecule has 1 aliphatic carbocycles. The van der Waals surface area contributed by atoms with Crippen LogP contribution in [0.25, 0.3) is 0 Å². The van der Waals surface area contributed by atoms with Crippen molar-refractivity contribution in [1.82, 2.24) is 10.6 Å². The number of benzene rings is 1. The molecule has 1 aromatic carbocycles. The molecule has 4 heteroatoms. The highest BCUT2D eigenvalue weighted by atomic mass is 35.5. The fourth-order valence-corrected chi connectivity index (χ4v) is 3.05. The fourth-order valence-electron chi connectivity index (χ4n) is 3.05. The zero-order valence-electron chi connectivity index (χ0n) is 13.0. The van der Waals surface area contributed by atoms with E-state index in [0.717, 1.165) is 19.4 Å². The third kappa shape index (κ3) is 5.33. The molecule has 1 aromatic rings. The van der Waals surface area contributed by atoms with Gasteiger partial charge >= 0.3 is 0 Å². The summed E-state index contributed by atoms with van der Waals surface area (Å²) in [7, 11) is 0. The molecule has 0 radical (unpaired) electrons. The van der Waals surface area contributed by atoms with Crippen LogP contribution >= 0.6 is 12.4 Å². The van der Waals surface area contributed by atoms with Crippen LogP contribution in [0.15, 0.2) is 24.3 Å². The Bertz CT molecular complexity index is 450. The van der Waals surface area contributed by atoms with Gasteiger partial charge in [-0.25, -0.2) is 0 Å². The van der Waals surface area contributed by atoms with Crippen LogP contribution in [0.4, 0.5) is 0 Å². The van der Waals surface area contributed by atoms with Gasteiger partial charge in [0, 0.05) is 19.0 Å². The number of hydrogen-bond acceptors (Lipinski definition) is 2. The minimum atomic E-state index is 0. The Morgan fingerprint density at radius 3 is 2.90 bits per heavy atom. The van der Waals surface area contributed by atoms with E-state index in [0.29, 0.717) is 24.9 Å². The molecule has 0 saturated heterocycles. The second-order valence-corrected chi connectivity index (χ2v) is 5.75. The molecule has 0 heterocycles. The van der Waals surface area contributed by atoms with Gasteiger partial charge in [0.1, 0.15) is 0 Å². The number of likely N-dealkylation sites (N-methyl/N-ethyl adjacent to an activating group) is 1. The SMILES string of the molecule is CCN[C@H](C)CNC(=O)CC1CCCc2ccccc21.Cl. The summed E-state index contributed by atoms with van der Waals surface area (Å²) in [5, 5.41) is 6.35. The first-order chi connectivity index (χ1) is 9.70. The number of carbonyl (C=O) groups is 1. The van der Waals surface area contributed by atoms with Gasteiger partial charge in [-0.2, -0.15) is 0 Å². The number of amides is 1. The zero-order chi connectivity index (χ0) is 14.4. The number of rotatable bonds is 6. The maximum Gasteiger partial charge on any atom is 0.220 e. The quantitative estimate of drug-likeness (QED) is 0.848. The second kappa shape index (κ2) is 9.06. The van der Waals surface area contributed by atoms with Crippen molar-refractivity contribution in [3.63, 3.8) is 0 Å². The molecule has 0 fully saturated rings. The summed E-state index contributed by atoms with van der Waals surface area (Å²) in [4.78, 5) is 12.1. The molecule has 2 rings (SSSR count). The standard InChI is InChI=1S/C17H26N2O.ClH/c1-3-18-13(2)12-19-17(20)11-15-9-6-8-14-7-4-5-10-16(14)15;/h4-5,7,10,13,15,18H,3,6,8-9,11-12H2,1-2H3,(H,19,20);1H/t13-,15?;/m1./s1. The number of hydrogen-bond donors (Lipinski definition) is 2. The monoisotopic (exact) mass is 310 g/mol. The molecule has 1 amide bonds. The Morgan fingerprint density at radius 1 is 1.38 bits per heavy atom. The van der Waals surface area contributed by atoms with Crippen molar-refractivity contribution in [1.29, 1.82) is 0 Å². The molecule has 1 unspecified atom stereocenters. The lowest BCUT2D eigenvalue weighted by Crippen LogP contribution is -2.39. The molecule has 1 aliphatic rings. The first kappa shape index (κ1) is 18.0. The van der Waals surface area contributed by atoms with Crippen molar-refractivity contribution >= 4 is 18.3 Å². The van der Waals surface area contributed by atoms with Crippen molar-refractivity contribution in [3.8, 4) is 0 Å². The Balaban J connectivity index is 0.00000220. The number of halogens is 1. The van der Waals surface area contributed by atoms with E-state index in [1.165, 1.54) is 17.5 Å². The molecule has 3 nitrogen and oxygen atoms in total. The lowest BCUT2D eigenvalue weighted by atomic mass is 9.81.